The van der Waals surface area contributed by atoms with E-state index in [4.69, 9.17) is 0 Å². The van der Waals surface area contributed by atoms with Crippen molar-refractivity contribution in [2.24, 2.45) is 23.2 Å². The molecule has 0 saturated heterocycles. The summed E-state index contributed by atoms with van der Waals surface area (Å²) in [7, 11) is 0. The van der Waals surface area contributed by atoms with Crippen LogP contribution in [0.15, 0.2) is 70.5 Å². The van der Waals surface area contributed by atoms with Crippen LogP contribution in [0.1, 0.15) is 41.5 Å². The van der Waals surface area contributed by atoms with E-state index in [1.165, 1.54) is 38.2 Å². The van der Waals surface area contributed by atoms with Crippen LogP contribution in [0, 0.1) is 23.2 Å². The number of fused-ring (bicyclic) bond motifs is 3. The van der Waals surface area contributed by atoms with Crippen LogP contribution in [-0.4, -0.2) is 59.9 Å². The molecule has 3 fully saturated rings. The number of aliphatic hydroxyl groups is 5. The lowest BCUT2D eigenvalue weighted by atomic mass is 9.42. The SMILES string of the molecule is C/C=C/C=C/C(O)=C1/C(=O)[C@]2(C)C(=O)[C@](C)(O)[C@H]1[C@H](C(=O)C1=C(O)C(C)=C(O)[C@@](C)(O)C1=O)[C@H]2/C=C/C. The Kier molecular flexibility index (Phi) is 6.87. The molecule has 3 saturated carbocycles. The van der Waals surface area contributed by atoms with Gasteiger partial charge in [-0.05, 0) is 47.6 Å². The van der Waals surface area contributed by atoms with Crippen molar-refractivity contribution in [3.8, 4) is 0 Å². The number of hydrogen-bond acceptors (Lipinski definition) is 9. The minimum atomic E-state index is -2.51. The van der Waals surface area contributed by atoms with E-state index in [1.54, 1.807) is 26.0 Å². The zero-order chi connectivity index (χ0) is 28.2. The molecule has 9 heteroatoms. The average Bonchev–Trinajstić information content (AvgIpc) is 2.83. The highest BCUT2D eigenvalue weighted by molar-refractivity contribution is 6.28. The zero-order valence-corrected chi connectivity index (χ0v) is 21.6. The van der Waals surface area contributed by atoms with Gasteiger partial charge in [-0.3, -0.25) is 19.2 Å². The first-order valence-corrected chi connectivity index (χ1v) is 11.9. The van der Waals surface area contributed by atoms with Crippen molar-refractivity contribution >= 4 is 23.1 Å². The number of carbonyl (C=O) groups excluding carboxylic acids is 4. The molecule has 4 rings (SSSR count). The lowest BCUT2D eigenvalue weighted by molar-refractivity contribution is -0.180. The minimum absolute atomic E-state index is 0.297. The van der Waals surface area contributed by atoms with E-state index in [0.29, 0.717) is 0 Å². The van der Waals surface area contributed by atoms with E-state index in [9.17, 15) is 44.7 Å². The first-order chi connectivity index (χ1) is 17.0. The van der Waals surface area contributed by atoms with Crippen molar-refractivity contribution in [2.75, 3.05) is 0 Å². The summed E-state index contributed by atoms with van der Waals surface area (Å²) in [6.07, 6.45) is 8.84. The summed E-state index contributed by atoms with van der Waals surface area (Å²) >= 11 is 0. The molecule has 0 aliphatic heterocycles. The monoisotopic (exact) mass is 512 g/mol. The van der Waals surface area contributed by atoms with Crippen molar-refractivity contribution in [3.05, 3.63) is 70.5 Å². The van der Waals surface area contributed by atoms with Gasteiger partial charge in [0.05, 0.1) is 5.41 Å². The van der Waals surface area contributed by atoms with Gasteiger partial charge in [0, 0.05) is 28.9 Å². The maximum Gasteiger partial charge on any atom is 0.209 e. The Hall–Kier alpha value is -3.56. The summed E-state index contributed by atoms with van der Waals surface area (Å²) in [5.41, 5.74) is -8.28. The molecule has 0 amide bonds. The molecule has 6 atom stereocenters. The molecule has 0 heterocycles. The summed E-state index contributed by atoms with van der Waals surface area (Å²) in [6, 6.07) is 0. The molecule has 0 aromatic carbocycles. The summed E-state index contributed by atoms with van der Waals surface area (Å²) < 4.78 is 0. The highest BCUT2D eigenvalue weighted by atomic mass is 16.3. The van der Waals surface area contributed by atoms with Gasteiger partial charge in [-0.1, -0.05) is 30.4 Å². The van der Waals surface area contributed by atoms with Gasteiger partial charge in [-0.25, -0.2) is 0 Å². The quantitative estimate of drug-likeness (QED) is 0.0928. The van der Waals surface area contributed by atoms with Gasteiger partial charge in [0.25, 0.3) is 0 Å². The molecule has 0 radical (unpaired) electrons. The topological polar surface area (TPSA) is 169 Å². The van der Waals surface area contributed by atoms with Gasteiger partial charge in [0.1, 0.15) is 28.5 Å². The first kappa shape index (κ1) is 28.0. The molecule has 9 nitrogen and oxygen atoms in total. The fraction of sp³-hybridized carbons (Fsp3) is 0.429. The van der Waals surface area contributed by atoms with Crippen LogP contribution in [0.3, 0.4) is 0 Å². The molecule has 37 heavy (non-hydrogen) atoms. The first-order valence-electron chi connectivity index (χ1n) is 11.9. The number of rotatable bonds is 5. The van der Waals surface area contributed by atoms with E-state index in [-0.39, 0.29) is 11.1 Å². The molecular weight excluding hydrogens is 480 g/mol. The van der Waals surface area contributed by atoms with Gasteiger partial charge in [-0.2, -0.15) is 0 Å². The Morgan fingerprint density at radius 2 is 1.54 bits per heavy atom. The zero-order valence-electron chi connectivity index (χ0n) is 21.6. The second kappa shape index (κ2) is 9.08. The molecule has 0 spiro atoms. The molecule has 0 aromatic heterocycles. The van der Waals surface area contributed by atoms with Crippen molar-refractivity contribution in [1.82, 2.24) is 0 Å². The Morgan fingerprint density at radius 1 is 0.946 bits per heavy atom. The van der Waals surface area contributed by atoms with Crippen LogP contribution in [0.4, 0.5) is 0 Å². The fourth-order valence-corrected chi connectivity index (χ4v) is 5.85. The molecule has 198 valence electrons. The number of carbonyl (C=O) groups is 4. The standard InChI is InChI=1S/C28H32O9/c1-7-9-10-12-15(29)17-19-16(14(11-8-2)26(4,23(17)33)25(35)27(19,5)36)21(31)18-20(30)13(3)22(32)28(6,37)24(18)34/h7-12,14,16,19,29-30,32,36-37H,1-6H3/b9-7+,11-8+,12-10+,17-15-/t14-,16-,19+,26-,27-,28-/m1/s1. The number of hydrogen-bond donors (Lipinski definition) is 5. The predicted molar refractivity (Wildman–Crippen MR) is 133 cm³/mol. The van der Waals surface area contributed by atoms with Gasteiger partial charge in [-0.15, -0.1) is 0 Å². The fourth-order valence-electron chi connectivity index (χ4n) is 5.85. The highest BCUT2D eigenvalue weighted by Crippen LogP contribution is 2.60. The smallest absolute Gasteiger partial charge is 0.209 e. The average molecular weight is 513 g/mol. The number of allylic oxidation sites excluding steroid dienone is 7. The second-order valence-corrected chi connectivity index (χ2v) is 10.2. The van der Waals surface area contributed by atoms with E-state index in [0.717, 1.165) is 13.8 Å². The lowest BCUT2D eigenvalue weighted by Gasteiger charge is -2.58. The molecular formula is C28H32O9. The van der Waals surface area contributed by atoms with Gasteiger partial charge in [0.15, 0.2) is 23.0 Å². The van der Waals surface area contributed by atoms with Crippen molar-refractivity contribution in [1.29, 1.82) is 0 Å². The molecule has 2 bridgehead atoms. The third-order valence-electron chi connectivity index (χ3n) is 7.84. The lowest BCUT2D eigenvalue weighted by Crippen LogP contribution is -2.71. The van der Waals surface area contributed by atoms with Crippen LogP contribution in [-0.2, 0) is 19.2 Å². The highest BCUT2D eigenvalue weighted by Gasteiger charge is 2.72. The second-order valence-electron chi connectivity index (χ2n) is 10.2. The van der Waals surface area contributed by atoms with Gasteiger partial charge in [0.2, 0.25) is 5.78 Å². The largest absolute Gasteiger partial charge is 0.508 e. The molecule has 0 unspecified atom stereocenters. The Bertz CT molecular complexity index is 1280. The van der Waals surface area contributed by atoms with Crippen LogP contribution in [0.25, 0.3) is 0 Å². The molecule has 0 aromatic rings. The molecule has 4 aliphatic rings. The molecule has 4 aliphatic carbocycles. The summed E-state index contributed by atoms with van der Waals surface area (Å²) in [5, 5.41) is 53.9. The number of ketones is 4. The predicted octanol–water partition coefficient (Wildman–Crippen LogP) is 2.83. The Labute approximate surface area is 214 Å². The van der Waals surface area contributed by atoms with Crippen LogP contribution < -0.4 is 0 Å². The van der Waals surface area contributed by atoms with E-state index in [1.807, 2.05) is 0 Å². The Morgan fingerprint density at radius 3 is 2.08 bits per heavy atom. The third-order valence-corrected chi connectivity index (χ3v) is 7.84. The summed E-state index contributed by atoms with van der Waals surface area (Å²) in [6.45, 7) is 7.94. The summed E-state index contributed by atoms with van der Waals surface area (Å²) in [4.78, 5) is 54.4. The van der Waals surface area contributed by atoms with E-state index in [2.05, 4.69) is 0 Å². The van der Waals surface area contributed by atoms with Gasteiger partial charge >= 0.3 is 0 Å². The summed E-state index contributed by atoms with van der Waals surface area (Å²) in [5.74, 6) is -10.4. The minimum Gasteiger partial charge on any atom is -0.508 e. The maximum absolute atomic E-state index is 14.1. The van der Waals surface area contributed by atoms with Crippen molar-refractivity contribution in [2.45, 2.75) is 52.7 Å². The maximum atomic E-state index is 14.1. The van der Waals surface area contributed by atoms with Crippen molar-refractivity contribution in [3.63, 3.8) is 0 Å². The van der Waals surface area contributed by atoms with Crippen molar-refractivity contribution < 1.29 is 44.7 Å². The Balaban J connectivity index is 2.39. The van der Waals surface area contributed by atoms with Crippen LogP contribution in [0.2, 0.25) is 0 Å². The normalized spacial score (nSPS) is 38.2. The van der Waals surface area contributed by atoms with E-state index < -0.39 is 80.4 Å². The van der Waals surface area contributed by atoms with Crippen LogP contribution in [0.5, 0.6) is 0 Å². The molecule has 5 N–H and O–H groups in total. The van der Waals surface area contributed by atoms with Gasteiger partial charge < -0.3 is 25.5 Å². The van der Waals surface area contributed by atoms with Crippen LogP contribution >= 0.6 is 0 Å². The third kappa shape index (κ3) is 3.67. The number of aliphatic hydroxyl groups excluding tert-OH is 3. The number of Topliss-reactive ketones (excluding diaryl/α,β-unsaturated/α-hetero) is 4. The van der Waals surface area contributed by atoms with E-state index >= 15 is 0 Å².